The van der Waals surface area contributed by atoms with E-state index in [0.29, 0.717) is 31.1 Å². The summed E-state index contributed by atoms with van der Waals surface area (Å²) in [4.78, 5) is 29.8. The number of carbonyl (C=O) groups is 2. The molecule has 6 nitrogen and oxygen atoms in total. The predicted octanol–water partition coefficient (Wildman–Crippen LogP) is 5.02. The average molecular weight is 444 g/mol. The van der Waals surface area contributed by atoms with E-state index in [1.807, 2.05) is 84.6 Å². The minimum atomic E-state index is -0.138. The average Bonchev–Trinajstić information content (AvgIpc) is 2.82. The van der Waals surface area contributed by atoms with Crippen LogP contribution < -0.4 is 15.0 Å². The highest BCUT2D eigenvalue weighted by Gasteiger charge is 2.28. The highest BCUT2D eigenvalue weighted by Crippen LogP contribution is 2.30. The van der Waals surface area contributed by atoms with Crippen molar-refractivity contribution in [1.29, 1.82) is 0 Å². The van der Waals surface area contributed by atoms with Gasteiger partial charge in [-0.25, -0.2) is 4.79 Å². The van der Waals surface area contributed by atoms with Crippen molar-refractivity contribution in [2.24, 2.45) is 0 Å². The molecule has 1 fully saturated rings. The van der Waals surface area contributed by atoms with Gasteiger partial charge in [0, 0.05) is 19.6 Å². The zero-order chi connectivity index (χ0) is 23.2. The molecule has 0 radical (unpaired) electrons. The summed E-state index contributed by atoms with van der Waals surface area (Å²) in [6.07, 6.45) is 1.09. The van der Waals surface area contributed by atoms with E-state index in [1.54, 1.807) is 12.0 Å². The lowest BCUT2D eigenvalue weighted by molar-refractivity contribution is -0.115. The second kappa shape index (κ2) is 10.2. The highest BCUT2D eigenvalue weighted by atomic mass is 16.5. The van der Waals surface area contributed by atoms with E-state index in [-0.39, 0.29) is 18.4 Å². The number of carbonyl (C=O) groups excluding carboxylic acids is 2. The second-order valence-electron chi connectivity index (χ2n) is 8.29. The molecule has 0 unspecified atom stereocenters. The van der Waals surface area contributed by atoms with Crippen LogP contribution in [-0.4, -0.2) is 37.0 Å². The van der Waals surface area contributed by atoms with Crippen molar-refractivity contribution >= 4 is 23.3 Å². The minimum absolute atomic E-state index is 0.0442. The lowest BCUT2D eigenvalue weighted by atomic mass is 10.1. The molecular weight excluding hydrogens is 414 g/mol. The van der Waals surface area contributed by atoms with Gasteiger partial charge in [-0.05, 0) is 54.3 Å². The molecule has 1 heterocycles. The molecule has 1 N–H and O–H groups in total. The van der Waals surface area contributed by atoms with E-state index in [9.17, 15) is 9.59 Å². The molecule has 6 heteroatoms. The molecule has 1 aliphatic rings. The molecule has 3 aromatic rings. The van der Waals surface area contributed by atoms with Crippen molar-refractivity contribution in [3.8, 4) is 5.75 Å². The van der Waals surface area contributed by atoms with Gasteiger partial charge in [-0.3, -0.25) is 9.69 Å². The molecular formula is C27H29N3O3. The fraction of sp³-hybridized carbons (Fsp3) is 0.259. The van der Waals surface area contributed by atoms with Crippen LogP contribution in [0.5, 0.6) is 5.75 Å². The van der Waals surface area contributed by atoms with Crippen molar-refractivity contribution in [3.63, 3.8) is 0 Å². The van der Waals surface area contributed by atoms with Gasteiger partial charge in [-0.15, -0.1) is 0 Å². The number of amides is 3. The van der Waals surface area contributed by atoms with Crippen molar-refractivity contribution in [1.82, 2.24) is 4.90 Å². The number of rotatable bonds is 7. The molecule has 1 aliphatic heterocycles. The van der Waals surface area contributed by atoms with Gasteiger partial charge < -0.3 is 15.0 Å². The standard InChI is InChI=1S/C27H29N3O3/c1-20-12-13-25(24(16-20)28-26(31)18-22-10-6-11-23(17-22)33-2)30-15-7-14-29(27(30)32)19-21-8-4-3-5-9-21/h3-6,8-13,16-17H,7,14-15,18-19H2,1-2H3,(H,28,31). The van der Waals surface area contributed by atoms with Crippen LogP contribution in [0.1, 0.15) is 23.1 Å². The number of methoxy groups -OCH3 is 1. The molecule has 0 bridgehead atoms. The Morgan fingerprint density at radius 2 is 1.76 bits per heavy atom. The number of nitrogens with one attached hydrogen (secondary N) is 1. The fourth-order valence-electron chi connectivity index (χ4n) is 4.10. The van der Waals surface area contributed by atoms with E-state index in [2.05, 4.69) is 5.32 Å². The minimum Gasteiger partial charge on any atom is -0.497 e. The summed E-state index contributed by atoms with van der Waals surface area (Å²) in [6, 6.07) is 23.2. The van der Waals surface area contributed by atoms with Gasteiger partial charge in [0.25, 0.3) is 0 Å². The Kier molecular flexibility index (Phi) is 6.93. The van der Waals surface area contributed by atoms with E-state index in [0.717, 1.165) is 28.8 Å². The topological polar surface area (TPSA) is 61.9 Å². The number of hydrogen-bond donors (Lipinski definition) is 1. The van der Waals surface area contributed by atoms with E-state index >= 15 is 0 Å². The van der Waals surface area contributed by atoms with Gasteiger partial charge in [0.05, 0.1) is 24.9 Å². The maximum atomic E-state index is 13.3. The molecule has 4 rings (SSSR count). The maximum Gasteiger partial charge on any atom is 0.324 e. The zero-order valence-corrected chi connectivity index (χ0v) is 19.1. The Labute approximate surface area is 194 Å². The van der Waals surface area contributed by atoms with Gasteiger partial charge in [0.1, 0.15) is 5.75 Å². The Morgan fingerprint density at radius 3 is 2.55 bits per heavy atom. The Bertz CT molecular complexity index is 1130. The summed E-state index contributed by atoms with van der Waals surface area (Å²) in [7, 11) is 1.61. The SMILES string of the molecule is COc1cccc(CC(=O)Nc2cc(C)ccc2N2CCCN(Cc3ccccc3)C2=O)c1. The van der Waals surface area contributed by atoms with Crippen molar-refractivity contribution < 1.29 is 14.3 Å². The Morgan fingerprint density at radius 1 is 0.970 bits per heavy atom. The third kappa shape index (κ3) is 5.52. The lowest BCUT2D eigenvalue weighted by Crippen LogP contribution is -2.49. The van der Waals surface area contributed by atoms with Crippen LogP contribution in [0.15, 0.2) is 72.8 Å². The van der Waals surface area contributed by atoms with Gasteiger partial charge in [-0.2, -0.15) is 0 Å². The monoisotopic (exact) mass is 443 g/mol. The quantitative estimate of drug-likeness (QED) is 0.558. The number of ether oxygens (including phenoxy) is 1. The summed E-state index contributed by atoms with van der Waals surface area (Å²) in [5.41, 5.74) is 4.36. The van der Waals surface area contributed by atoms with Crippen LogP contribution in [0.3, 0.4) is 0 Å². The first kappa shape index (κ1) is 22.4. The molecule has 3 amide bonds. The van der Waals surface area contributed by atoms with Gasteiger partial charge in [-0.1, -0.05) is 48.5 Å². The Balaban J connectivity index is 1.52. The van der Waals surface area contributed by atoms with Gasteiger partial charge in [0.2, 0.25) is 5.91 Å². The smallest absolute Gasteiger partial charge is 0.324 e. The summed E-state index contributed by atoms with van der Waals surface area (Å²) < 4.78 is 5.25. The van der Waals surface area contributed by atoms with Crippen LogP contribution in [0, 0.1) is 6.92 Å². The maximum absolute atomic E-state index is 13.3. The van der Waals surface area contributed by atoms with Gasteiger partial charge >= 0.3 is 6.03 Å². The van der Waals surface area contributed by atoms with E-state index in [4.69, 9.17) is 4.74 Å². The molecule has 0 aliphatic carbocycles. The van der Waals surface area contributed by atoms with Crippen LogP contribution in [0.2, 0.25) is 0 Å². The van der Waals surface area contributed by atoms with Crippen LogP contribution in [0.4, 0.5) is 16.2 Å². The molecule has 1 saturated heterocycles. The fourth-order valence-corrected chi connectivity index (χ4v) is 4.10. The van der Waals surface area contributed by atoms with Crippen molar-refractivity contribution in [2.45, 2.75) is 26.3 Å². The number of anilines is 2. The molecule has 0 saturated carbocycles. The molecule has 0 atom stereocenters. The number of urea groups is 1. The predicted molar refractivity (Wildman–Crippen MR) is 131 cm³/mol. The van der Waals surface area contributed by atoms with Crippen LogP contribution >= 0.6 is 0 Å². The van der Waals surface area contributed by atoms with E-state index < -0.39 is 0 Å². The summed E-state index contributed by atoms with van der Waals surface area (Å²) >= 11 is 0. The normalized spacial score (nSPS) is 13.7. The largest absolute Gasteiger partial charge is 0.497 e. The first-order valence-electron chi connectivity index (χ1n) is 11.2. The number of hydrogen-bond acceptors (Lipinski definition) is 3. The third-order valence-electron chi connectivity index (χ3n) is 5.74. The molecule has 0 aromatic heterocycles. The highest BCUT2D eigenvalue weighted by molar-refractivity contribution is 6.01. The summed E-state index contributed by atoms with van der Waals surface area (Å²) in [5.74, 6) is 0.578. The summed E-state index contributed by atoms with van der Waals surface area (Å²) in [6.45, 7) is 3.88. The summed E-state index contributed by atoms with van der Waals surface area (Å²) in [5, 5.41) is 3.03. The van der Waals surface area contributed by atoms with Crippen molar-refractivity contribution in [3.05, 3.63) is 89.5 Å². The third-order valence-corrected chi connectivity index (χ3v) is 5.74. The van der Waals surface area contributed by atoms with Crippen LogP contribution in [-0.2, 0) is 17.8 Å². The number of aryl methyl sites for hydroxylation is 1. The van der Waals surface area contributed by atoms with Gasteiger partial charge in [0.15, 0.2) is 0 Å². The molecule has 3 aromatic carbocycles. The number of nitrogens with zero attached hydrogens (tertiary/aromatic N) is 2. The van der Waals surface area contributed by atoms with E-state index in [1.165, 1.54) is 0 Å². The molecule has 0 spiro atoms. The Hall–Kier alpha value is -3.80. The first-order valence-corrected chi connectivity index (χ1v) is 11.2. The second-order valence-corrected chi connectivity index (χ2v) is 8.29. The zero-order valence-electron chi connectivity index (χ0n) is 19.1. The molecule has 170 valence electrons. The van der Waals surface area contributed by atoms with Crippen molar-refractivity contribution in [2.75, 3.05) is 30.4 Å². The van der Waals surface area contributed by atoms with Crippen LogP contribution in [0.25, 0.3) is 0 Å². The number of benzene rings is 3. The first-order chi connectivity index (χ1) is 16.0. The molecule has 33 heavy (non-hydrogen) atoms. The lowest BCUT2D eigenvalue weighted by Gasteiger charge is -2.36.